The molecule has 0 aliphatic carbocycles. The van der Waals surface area contributed by atoms with Gasteiger partial charge in [0.25, 0.3) is 4.92 Å². The van der Waals surface area contributed by atoms with Crippen LogP contribution >= 0.6 is 0 Å². The minimum Gasteiger partial charge on any atom is -0.369 e. The highest BCUT2D eigenvalue weighted by atomic mass is 16.8. The van der Waals surface area contributed by atoms with Crippen molar-refractivity contribution in [3.63, 3.8) is 0 Å². The summed E-state index contributed by atoms with van der Waals surface area (Å²) in [5, 5.41) is 0. The summed E-state index contributed by atoms with van der Waals surface area (Å²) in [4.78, 5) is 21.1. The van der Waals surface area contributed by atoms with Gasteiger partial charge in [-0.25, -0.2) is 4.84 Å². The molecule has 1 aliphatic heterocycles. The van der Waals surface area contributed by atoms with E-state index >= 15 is 0 Å². The number of piperazine rings is 1. The summed E-state index contributed by atoms with van der Waals surface area (Å²) in [6, 6.07) is 7.52. The smallest absolute Gasteiger partial charge is 0.318 e. The first-order chi connectivity index (χ1) is 8.20. The minimum absolute atomic E-state index is 0.527. The Bertz CT molecular complexity index is 400. The summed E-state index contributed by atoms with van der Waals surface area (Å²) < 4.78 is 0. The lowest BCUT2D eigenvalue weighted by atomic mass is 10.2. The molecule has 0 amide bonds. The van der Waals surface area contributed by atoms with Crippen LogP contribution in [0, 0.1) is 4.91 Å². The summed E-state index contributed by atoms with van der Waals surface area (Å²) in [5.74, 6) is 0. The van der Waals surface area contributed by atoms with Crippen LogP contribution in [0.5, 0.6) is 0 Å². The van der Waals surface area contributed by atoms with Gasteiger partial charge >= 0.3 is 5.69 Å². The Morgan fingerprint density at radius 1 is 1.24 bits per heavy atom. The lowest BCUT2D eigenvalue weighted by Crippen LogP contribution is -2.44. The number of nitrogens with zero attached hydrogens (tertiary/aromatic N) is 3. The average molecular weight is 236 g/mol. The lowest BCUT2D eigenvalue weighted by molar-refractivity contribution is -0.736. The molecule has 1 fully saturated rings. The van der Waals surface area contributed by atoms with Crippen molar-refractivity contribution in [3.05, 3.63) is 29.2 Å². The van der Waals surface area contributed by atoms with E-state index in [9.17, 15) is 4.91 Å². The molecule has 0 N–H and O–H groups in total. The first-order valence-corrected chi connectivity index (χ1v) is 5.75. The Hall–Kier alpha value is -1.62. The van der Waals surface area contributed by atoms with Gasteiger partial charge in [-0.15, -0.1) is 0 Å². The van der Waals surface area contributed by atoms with E-state index in [4.69, 9.17) is 0 Å². The minimum atomic E-state index is 0.527. The first-order valence-electron chi connectivity index (χ1n) is 5.75. The molecule has 0 bridgehead atoms. The van der Waals surface area contributed by atoms with E-state index in [-0.39, 0.29) is 0 Å². The third kappa shape index (κ3) is 2.74. The second-order valence-electron chi connectivity index (χ2n) is 4.25. The van der Waals surface area contributed by atoms with Crippen molar-refractivity contribution >= 4 is 11.4 Å². The van der Waals surface area contributed by atoms with Gasteiger partial charge < -0.3 is 9.80 Å². The highest BCUT2D eigenvalue weighted by molar-refractivity contribution is 5.53. The molecule has 1 saturated heterocycles. The van der Waals surface area contributed by atoms with Gasteiger partial charge in [-0.05, 0) is 13.1 Å². The molecule has 1 aromatic rings. The number of hydrogen-bond donors (Lipinski definition) is 0. The Morgan fingerprint density at radius 2 is 1.94 bits per heavy atom. The molecule has 0 atom stereocenters. The van der Waals surface area contributed by atoms with Crippen molar-refractivity contribution in [1.82, 2.24) is 4.90 Å². The number of benzene rings is 1. The summed E-state index contributed by atoms with van der Waals surface area (Å²) in [5.41, 5.74) is 1.61. The zero-order valence-electron chi connectivity index (χ0n) is 10.3. The molecule has 1 aliphatic rings. The van der Waals surface area contributed by atoms with Crippen molar-refractivity contribution in [2.24, 2.45) is 0 Å². The summed E-state index contributed by atoms with van der Waals surface area (Å²) >= 11 is 0. The Morgan fingerprint density at radius 3 is 2.59 bits per heavy atom. The first kappa shape index (κ1) is 11.9. The maximum absolute atomic E-state index is 11.4. The van der Waals surface area contributed by atoms with E-state index in [0.29, 0.717) is 10.6 Å². The standard InChI is InChI=1S/C12H18N3O2/c1-13-6-8-14(9-7-13)11-4-3-5-12(10-11)15(16)17-2/h3-5,10H,6-9H2,1-2H3/q+1. The van der Waals surface area contributed by atoms with Crippen LogP contribution in [0.2, 0.25) is 0 Å². The Balaban J connectivity index is 2.13. The molecule has 92 valence electrons. The van der Waals surface area contributed by atoms with E-state index in [1.807, 2.05) is 18.2 Å². The fourth-order valence-corrected chi connectivity index (χ4v) is 1.97. The maximum atomic E-state index is 11.4. The number of likely N-dealkylation sites (N-methyl/N-ethyl adjacent to an activating group) is 1. The van der Waals surface area contributed by atoms with Crippen LogP contribution in [0.3, 0.4) is 0 Å². The SMILES string of the molecule is CO[N+](=O)c1cccc(N2CCN(C)CC2)c1. The molecule has 5 heteroatoms. The zero-order chi connectivity index (χ0) is 12.3. The quantitative estimate of drug-likeness (QED) is 0.743. The largest absolute Gasteiger partial charge is 0.369 e. The second-order valence-corrected chi connectivity index (χ2v) is 4.25. The molecule has 17 heavy (non-hydrogen) atoms. The molecule has 0 aromatic heterocycles. The molecule has 0 unspecified atom stereocenters. The van der Waals surface area contributed by atoms with Gasteiger partial charge in [-0.1, -0.05) is 6.07 Å². The molecular weight excluding hydrogens is 218 g/mol. The molecule has 2 rings (SSSR count). The highest BCUT2D eigenvalue weighted by Gasteiger charge is 2.19. The monoisotopic (exact) mass is 236 g/mol. The van der Waals surface area contributed by atoms with Crippen molar-refractivity contribution < 1.29 is 9.76 Å². The van der Waals surface area contributed by atoms with Gasteiger partial charge in [0, 0.05) is 44.0 Å². The third-order valence-electron chi connectivity index (χ3n) is 3.07. The van der Waals surface area contributed by atoms with Crippen LogP contribution in [0.4, 0.5) is 11.4 Å². The molecule has 0 spiro atoms. The summed E-state index contributed by atoms with van der Waals surface area (Å²) in [6.07, 6.45) is 0. The van der Waals surface area contributed by atoms with Crippen LogP contribution in [-0.2, 0) is 4.84 Å². The average Bonchev–Trinajstić information content (AvgIpc) is 2.39. The zero-order valence-corrected chi connectivity index (χ0v) is 10.3. The second kappa shape index (κ2) is 5.14. The number of rotatable bonds is 3. The molecule has 0 saturated carbocycles. The summed E-state index contributed by atoms with van der Waals surface area (Å²) in [6.45, 7) is 4.09. The Kier molecular flexibility index (Phi) is 3.58. The fourth-order valence-electron chi connectivity index (χ4n) is 1.97. The predicted octanol–water partition coefficient (Wildman–Crippen LogP) is 1.41. The number of anilines is 1. The molecule has 1 heterocycles. The van der Waals surface area contributed by atoms with Crippen LogP contribution < -0.4 is 4.90 Å². The molecule has 1 aromatic carbocycles. The maximum Gasteiger partial charge on any atom is 0.318 e. The van der Waals surface area contributed by atoms with Gasteiger partial charge in [0.05, 0.1) is 4.91 Å². The van der Waals surface area contributed by atoms with Gasteiger partial charge in [0.2, 0.25) is 0 Å². The third-order valence-corrected chi connectivity index (χ3v) is 3.07. The van der Waals surface area contributed by atoms with Crippen molar-refractivity contribution in [1.29, 1.82) is 0 Å². The van der Waals surface area contributed by atoms with E-state index in [0.717, 1.165) is 31.9 Å². The van der Waals surface area contributed by atoms with E-state index in [1.54, 1.807) is 6.07 Å². The Labute approximate surface area is 101 Å². The van der Waals surface area contributed by atoms with Crippen molar-refractivity contribution in [2.75, 3.05) is 45.2 Å². The molecule has 5 nitrogen and oxygen atoms in total. The molecule has 0 radical (unpaired) electrons. The van der Waals surface area contributed by atoms with Crippen LogP contribution in [0.15, 0.2) is 24.3 Å². The van der Waals surface area contributed by atoms with Gasteiger partial charge in [0.15, 0.2) is 7.11 Å². The lowest BCUT2D eigenvalue weighted by Gasteiger charge is -2.33. The van der Waals surface area contributed by atoms with Crippen LogP contribution in [0.25, 0.3) is 0 Å². The van der Waals surface area contributed by atoms with E-state index in [1.165, 1.54) is 7.11 Å². The van der Waals surface area contributed by atoms with Gasteiger partial charge in [0.1, 0.15) is 0 Å². The number of hydrogen-bond acceptors (Lipinski definition) is 4. The van der Waals surface area contributed by atoms with Crippen molar-refractivity contribution in [3.8, 4) is 0 Å². The van der Waals surface area contributed by atoms with E-state index in [2.05, 4.69) is 21.7 Å². The van der Waals surface area contributed by atoms with Crippen LogP contribution in [-0.4, -0.2) is 50.2 Å². The highest BCUT2D eigenvalue weighted by Crippen LogP contribution is 2.22. The van der Waals surface area contributed by atoms with Crippen molar-refractivity contribution in [2.45, 2.75) is 0 Å². The predicted molar refractivity (Wildman–Crippen MR) is 66.4 cm³/mol. The summed E-state index contributed by atoms with van der Waals surface area (Å²) in [7, 11) is 3.49. The molecular formula is C12H18N3O2+. The fraction of sp³-hybridized carbons (Fsp3) is 0.500. The van der Waals surface area contributed by atoms with E-state index < -0.39 is 0 Å². The van der Waals surface area contributed by atoms with Gasteiger partial charge in [-0.3, -0.25) is 0 Å². The van der Waals surface area contributed by atoms with Gasteiger partial charge in [-0.2, -0.15) is 0 Å². The normalized spacial score (nSPS) is 16.9. The van der Waals surface area contributed by atoms with Crippen LogP contribution in [0.1, 0.15) is 0 Å². The topological polar surface area (TPSA) is 35.8 Å².